The second-order valence-corrected chi connectivity index (χ2v) is 7.81. The minimum Gasteiger partial charge on any atom is -0.266 e. The molecule has 118 valence electrons. The zero-order valence-electron chi connectivity index (χ0n) is 12.5. The van der Waals surface area contributed by atoms with Gasteiger partial charge in [-0.3, -0.25) is 4.79 Å². The number of benzene rings is 1. The maximum Gasteiger partial charge on any atom is 0.289 e. The minimum atomic E-state index is -0.392. The summed E-state index contributed by atoms with van der Waals surface area (Å²) in [5, 5.41) is 5.29. The molecule has 2 aromatic heterocycles. The molecule has 6 heteroatoms. The first-order valence-electron chi connectivity index (χ1n) is 7.55. The molecule has 1 aliphatic carbocycles. The fourth-order valence-electron chi connectivity index (χ4n) is 3.17. The number of hydrogen-bond acceptors (Lipinski definition) is 3. The molecule has 4 rings (SSSR count). The Hall–Kier alpha value is -1.53. The van der Waals surface area contributed by atoms with E-state index in [1.165, 1.54) is 33.7 Å². The molecule has 0 saturated carbocycles. The molecule has 0 fully saturated rings. The summed E-state index contributed by atoms with van der Waals surface area (Å²) in [4.78, 5) is 14.2. The van der Waals surface area contributed by atoms with Gasteiger partial charge in [0.05, 0.1) is 11.9 Å². The summed E-state index contributed by atoms with van der Waals surface area (Å²) in [6, 6.07) is 2.75. The van der Waals surface area contributed by atoms with Gasteiger partial charge < -0.3 is 0 Å². The Bertz CT molecular complexity index is 992. The topological polar surface area (TPSA) is 34.9 Å². The summed E-state index contributed by atoms with van der Waals surface area (Å²) < 4.78 is 16.4. The molecule has 0 radical (unpaired) electrons. The van der Waals surface area contributed by atoms with Crippen molar-refractivity contribution >= 4 is 37.4 Å². The fraction of sp³-hybridized carbons (Fsp3) is 0.294. The smallest absolute Gasteiger partial charge is 0.266 e. The van der Waals surface area contributed by atoms with Gasteiger partial charge in [0.2, 0.25) is 0 Å². The number of aryl methyl sites for hydroxylation is 2. The van der Waals surface area contributed by atoms with E-state index < -0.39 is 5.82 Å². The highest BCUT2D eigenvalue weighted by atomic mass is 79.9. The van der Waals surface area contributed by atoms with E-state index in [2.05, 4.69) is 21.0 Å². The van der Waals surface area contributed by atoms with Crippen molar-refractivity contribution in [3.8, 4) is 5.69 Å². The Balaban J connectivity index is 2.00. The van der Waals surface area contributed by atoms with Crippen LogP contribution in [0.3, 0.4) is 0 Å². The van der Waals surface area contributed by atoms with Gasteiger partial charge in [-0.05, 0) is 49.8 Å². The maximum absolute atomic E-state index is 13.8. The highest BCUT2D eigenvalue weighted by Crippen LogP contribution is 2.34. The van der Waals surface area contributed by atoms with Crippen molar-refractivity contribution in [1.82, 2.24) is 9.78 Å². The van der Waals surface area contributed by atoms with E-state index in [1.54, 1.807) is 17.5 Å². The molecule has 0 amide bonds. The molecule has 0 bridgehead atoms. The molecule has 0 atom stereocenters. The van der Waals surface area contributed by atoms with Crippen molar-refractivity contribution in [2.24, 2.45) is 0 Å². The lowest BCUT2D eigenvalue weighted by atomic mass is 9.97. The van der Waals surface area contributed by atoms with Gasteiger partial charge in [-0.1, -0.05) is 15.9 Å². The summed E-state index contributed by atoms with van der Waals surface area (Å²) >= 11 is 4.90. The molecule has 3 nitrogen and oxygen atoms in total. The molecule has 23 heavy (non-hydrogen) atoms. The number of thiophene rings is 1. The SMILES string of the molecule is Cc1c(Br)cc(F)cc1-n1ncc2c3c(sc2c1=O)CCCC3. The molecule has 0 saturated heterocycles. The van der Waals surface area contributed by atoms with Crippen LogP contribution in [0.2, 0.25) is 0 Å². The van der Waals surface area contributed by atoms with Crippen molar-refractivity contribution < 1.29 is 4.39 Å². The summed E-state index contributed by atoms with van der Waals surface area (Å²) in [6.45, 7) is 1.84. The third kappa shape index (κ3) is 2.35. The molecule has 2 heterocycles. The Kier molecular flexibility index (Phi) is 3.61. The predicted octanol–water partition coefficient (Wildman–Crippen LogP) is 4.54. The second-order valence-electron chi connectivity index (χ2n) is 5.85. The van der Waals surface area contributed by atoms with Crippen molar-refractivity contribution in [3.63, 3.8) is 0 Å². The first kappa shape index (κ1) is 15.0. The summed E-state index contributed by atoms with van der Waals surface area (Å²) in [6.07, 6.45) is 6.16. The van der Waals surface area contributed by atoms with E-state index in [9.17, 15) is 9.18 Å². The van der Waals surface area contributed by atoms with Crippen LogP contribution in [0.15, 0.2) is 27.6 Å². The van der Waals surface area contributed by atoms with E-state index in [0.717, 1.165) is 34.9 Å². The molecule has 0 aliphatic heterocycles. The molecule has 0 spiro atoms. The Morgan fingerprint density at radius 3 is 2.91 bits per heavy atom. The standard InChI is InChI=1S/C17H14BrFN2OS/c1-9-13(18)6-10(19)7-14(9)21-17(22)16-12(8-20-21)11-4-2-3-5-15(11)23-16/h6-8H,2-5H2,1H3. The highest BCUT2D eigenvalue weighted by Gasteiger charge is 2.20. The maximum atomic E-state index is 13.8. The van der Waals surface area contributed by atoms with Gasteiger partial charge in [0.15, 0.2) is 0 Å². The number of aromatic nitrogens is 2. The van der Waals surface area contributed by atoms with Gasteiger partial charge in [0.25, 0.3) is 5.56 Å². The first-order valence-corrected chi connectivity index (χ1v) is 9.16. The molecule has 0 N–H and O–H groups in total. The Morgan fingerprint density at radius 1 is 1.30 bits per heavy atom. The molecule has 1 aliphatic rings. The Labute approximate surface area is 144 Å². The molecule has 1 aromatic carbocycles. The largest absolute Gasteiger partial charge is 0.289 e. The number of halogens is 2. The van der Waals surface area contributed by atoms with E-state index in [1.807, 2.05) is 6.92 Å². The average molecular weight is 393 g/mol. The van der Waals surface area contributed by atoms with E-state index in [-0.39, 0.29) is 5.56 Å². The van der Waals surface area contributed by atoms with Crippen LogP contribution in [-0.4, -0.2) is 9.78 Å². The van der Waals surface area contributed by atoms with Gasteiger partial charge in [-0.2, -0.15) is 9.78 Å². The van der Waals surface area contributed by atoms with Crippen LogP contribution >= 0.6 is 27.3 Å². The van der Waals surface area contributed by atoms with Gasteiger partial charge in [-0.25, -0.2) is 4.39 Å². The van der Waals surface area contributed by atoms with Crippen molar-refractivity contribution in [2.45, 2.75) is 32.6 Å². The number of nitrogens with zero attached hydrogens (tertiary/aromatic N) is 2. The second kappa shape index (κ2) is 5.53. The lowest BCUT2D eigenvalue weighted by molar-refractivity contribution is 0.623. The van der Waals surface area contributed by atoms with Crippen LogP contribution in [0.4, 0.5) is 4.39 Å². The third-order valence-corrected chi connectivity index (χ3v) is 6.53. The number of hydrogen-bond donors (Lipinski definition) is 0. The lowest BCUT2D eigenvalue weighted by Gasteiger charge is -2.11. The third-order valence-electron chi connectivity index (χ3n) is 4.41. The summed E-state index contributed by atoms with van der Waals surface area (Å²) in [5.74, 6) is -0.392. The van der Waals surface area contributed by atoms with Crippen LogP contribution in [0, 0.1) is 12.7 Å². The quantitative estimate of drug-likeness (QED) is 0.609. The molecular formula is C17H14BrFN2OS. The minimum absolute atomic E-state index is 0.164. The average Bonchev–Trinajstić information content (AvgIpc) is 2.91. The van der Waals surface area contributed by atoms with Gasteiger partial charge in [0.1, 0.15) is 10.5 Å². The molecular weight excluding hydrogens is 379 g/mol. The van der Waals surface area contributed by atoms with Crippen LogP contribution in [0.25, 0.3) is 15.8 Å². The van der Waals surface area contributed by atoms with Crippen molar-refractivity contribution in [2.75, 3.05) is 0 Å². The normalized spacial score (nSPS) is 14.2. The highest BCUT2D eigenvalue weighted by molar-refractivity contribution is 9.10. The summed E-state index contributed by atoms with van der Waals surface area (Å²) in [7, 11) is 0. The van der Waals surface area contributed by atoms with Crippen molar-refractivity contribution in [1.29, 1.82) is 0 Å². The molecule has 0 unspecified atom stereocenters. The van der Waals surface area contributed by atoms with Crippen molar-refractivity contribution in [3.05, 3.63) is 55.0 Å². The van der Waals surface area contributed by atoms with Gasteiger partial charge in [-0.15, -0.1) is 11.3 Å². The van der Waals surface area contributed by atoms with E-state index in [4.69, 9.17) is 0 Å². The van der Waals surface area contributed by atoms with Crippen LogP contribution < -0.4 is 5.56 Å². The van der Waals surface area contributed by atoms with Crippen LogP contribution in [0.5, 0.6) is 0 Å². The van der Waals surface area contributed by atoms with E-state index >= 15 is 0 Å². The van der Waals surface area contributed by atoms with E-state index in [0.29, 0.717) is 10.2 Å². The predicted molar refractivity (Wildman–Crippen MR) is 94.3 cm³/mol. The van der Waals surface area contributed by atoms with Gasteiger partial charge in [0, 0.05) is 20.8 Å². The zero-order valence-corrected chi connectivity index (χ0v) is 14.9. The van der Waals surface area contributed by atoms with Crippen LogP contribution in [-0.2, 0) is 12.8 Å². The Morgan fingerprint density at radius 2 is 2.09 bits per heavy atom. The fourth-order valence-corrected chi connectivity index (χ4v) is 4.88. The van der Waals surface area contributed by atoms with Gasteiger partial charge >= 0.3 is 0 Å². The zero-order chi connectivity index (χ0) is 16.1. The molecule has 3 aromatic rings. The summed E-state index contributed by atoms with van der Waals surface area (Å²) in [5.41, 5.74) is 2.39. The first-order chi connectivity index (χ1) is 11.1. The van der Waals surface area contributed by atoms with Crippen LogP contribution in [0.1, 0.15) is 28.8 Å². The monoisotopic (exact) mass is 392 g/mol. The number of rotatable bonds is 1. The lowest BCUT2D eigenvalue weighted by Crippen LogP contribution is -2.21. The number of fused-ring (bicyclic) bond motifs is 3.